The van der Waals surface area contributed by atoms with Crippen molar-refractivity contribution in [1.82, 2.24) is 10.3 Å². The van der Waals surface area contributed by atoms with Crippen molar-refractivity contribution in [2.45, 2.75) is 26.3 Å². The highest BCUT2D eigenvalue weighted by Gasteiger charge is 2.14. The van der Waals surface area contributed by atoms with Crippen LogP contribution in [0.2, 0.25) is 0 Å². The number of rotatable bonds is 5. The summed E-state index contributed by atoms with van der Waals surface area (Å²) in [7, 11) is 1.89. The molecule has 1 atom stereocenters. The highest BCUT2D eigenvalue weighted by atomic mass is 19.1. The van der Waals surface area contributed by atoms with Crippen LogP contribution in [0.4, 0.5) is 4.39 Å². The largest absolute Gasteiger partial charge is 0.308 e. The summed E-state index contributed by atoms with van der Waals surface area (Å²) in [6.45, 7) is 4.42. The summed E-state index contributed by atoms with van der Waals surface area (Å²) < 4.78 is 13.0. The van der Waals surface area contributed by atoms with Crippen LogP contribution in [0.5, 0.6) is 0 Å². The molecule has 0 radical (unpaired) electrons. The summed E-state index contributed by atoms with van der Waals surface area (Å²) in [4.78, 5) is 4.18. The van der Waals surface area contributed by atoms with Gasteiger partial charge in [0.1, 0.15) is 5.82 Å². The number of nitrogens with one attached hydrogen (secondary N) is 1. The van der Waals surface area contributed by atoms with Gasteiger partial charge in [-0.25, -0.2) is 4.39 Å². The van der Waals surface area contributed by atoms with Crippen molar-refractivity contribution < 1.29 is 4.39 Å². The van der Waals surface area contributed by atoms with E-state index in [9.17, 15) is 4.39 Å². The number of hydrogen-bond donors (Lipinski definition) is 1. The number of aromatic nitrogens is 1. The van der Waals surface area contributed by atoms with Crippen molar-refractivity contribution in [1.29, 1.82) is 0 Å². The Kier molecular flexibility index (Phi) is 4.85. The maximum absolute atomic E-state index is 13.0. The molecular weight excluding hydrogens is 251 g/mol. The zero-order chi connectivity index (χ0) is 14.5. The Morgan fingerprint density at radius 1 is 1.20 bits per heavy atom. The van der Waals surface area contributed by atoms with Gasteiger partial charge in [0.25, 0.3) is 0 Å². The molecular formula is C17H21FN2. The van der Waals surface area contributed by atoms with Crippen LogP contribution in [0.3, 0.4) is 0 Å². The van der Waals surface area contributed by atoms with Crippen LogP contribution in [0, 0.1) is 11.7 Å². The molecule has 1 unspecified atom stereocenters. The second-order valence-corrected chi connectivity index (χ2v) is 5.47. The van der Waals surface area contributed by atoms with Crippen molar-refractivity contribution in [2.24, 2.45) is 5.92 Å². The van der Waals surface area contributed by atoms with Gasteiger partial charge in [-0.15, -0.1) is 0 Å². The van der Waals surface area contributed by atoms with Crippen molar-refractivity contribution in [3.05, 3.63) is 65.2 Å². The minimum absolute atomic E-state index is 0.0114. The molecule has 0 bridgehead atoms. The lowest BCUT2D eigenvalue weighted by molar-refractivity contribution is 0.609. The third-order valence-corrected chi connectivity index (χ3v) is 3.26. The standard InChI is InChI=1S/C17H21FN2/c1-12(2)9-13-5-4-6-14(10-13)17(19-3)16-8-7-15(18)11-20-16/h4-8,10-12,17,19H,9H2,1-3H3. The smallest absolute Gasteiger partial charge is 0.141 e. The van der Waals surface area contributed by atoms with E-state index in [0.29, 0.717) is 5.92 Å². The fraction of sp³-hybridized carbons (Fsp3) is 0.353. The SMILES string of the molecule is CNC(c1cccc(CC(C)C)c1)c1ccc(F)cn1. The minimum Gasteiger partial charge on any atom is -0.308 e. The predicted molar refractivity (Wildman–Crippen MR) is 80.1 cm³/mol. The second-order valence-electron chi connectivity index (χ2n) is 5.47. The molecule has 0 fully saturated rings. The summed E-state index contributed by atoms with van der Waals surface area (Å²) in [6, 6.07) is 11.7. The average molecular weight is 272 g/mol. The monoisotopic (exact) mass is 272 g/mol. The van der Waals surface area contributed by atoms with Crippen LogP contribution in [-0.2, 0) is 6.42 Å². The molecule has 3 heteroatoms. The first kappa shape index (κ1) is 14.7. The normalized spacial score (nSPS) is 12.7. The Hall–Kier alpha value is -1.74. The molecule has 1 heterocycles. The minimum atomic E-state index is -0.308. The van der Waals surface area contributed by atoms with Gasteiger partial charge in [-0.05, 0) is 42.6 Å². The Morgan fingerprint density at radius 3 is 2.60 bits per heavy atom. The first-order valence-electron chi connectivity index (χ1n) is 6.97. The molecule has 0 aliphatic heterocycles. The number of pyridine rings is 1. The Bertz CT molecular complexity index is 549. The molecule has 0 spiro atoms. The van der Waals surface area contributed by atoms with E-state index in [1.165, 1.54) is 17.8 Å². The molecule has 0 aliphatic carbocycles. The van der Waals surface area contributed by atoms with Crippen molar-refractivity contribution in [2.75, 3.05) is 7.05 Å². The Labute approximate surface area is 120 Å². The van der Waals surface area contributed by atoms with Gasteiger partial charge in [0.2, 0.25) is 0 Å². The molecule has 0 aliphatic rings. The van der Waals surface area contributed by atoms with E-state index in [0.717, 1.165) is 17.7 Å². The zero-order valence-corrected chi connectivity index (χ0v) is 12.2. The van der Waals surface area contributed by atoms with E-state index in [1.807, 2.05) is 7.05 Å². The Morgan fingerprint density at radius 2 is 2.00 bits per heavy atom. The fourth-order valence-electron chi connectivity index (χ4n) is 2.41. The second kappa shape index (κ2) is 6.62. The predicted octanol–water partition coefficient (Wildman–Crippen LogP) is 3.73. The number of hydrogen-bond acceptors (Lipinski definition) is 2. The lowest BCUT2D eigenvalue weighted by Crippen LogP contribution is -2.19. The summed E-state index contributed by atoms with van der Waals surface area (Å²) in [6.07, 6.45) is 2.32. The summed E-state index contributed by atoms with van der Waals surface area (Å²) in [5.41, 5.74) is 3.31. The molecule has 2 aromatic rings. The highest BCUT2D eigenvalue weighted by molar-refractivity contribution is 5.31. The van der Waals surface area contributed by atoms with E-state index in [-0.39, 0.29) is 11.9 Å². The van der Waals surface area contributed by atoms with Gasteiger partial charge >= 0.3 is 0 Å². The molecule has 2 rings (SSSR count). The van der Waals surface area contributed by atoms with Crippen LogP contribution in [0.25, 0.3) is 0 Å². The van der Waals surface area contributed by atoms with Crippen LogP contribution >= 0.6 is 0 Å². The van der Waals surface area contributed by atoms with E-state index in [2.05, 4.69) is 48.4 Å². The molecule has 106 valence electrons. The van der Waals surface area contributed by atoms with Crippen molar-refractivity contribution in [3.63, 3.8) is 0 Å². The van der Waals surface area contributed by atoms with Gasteiger partial charge in [0, 0.05) is 0 Å². The van der Waals surface area contributed by atoms with Crippen LogP contribution < -0.4 is 5.32 Å². The molecule has 0 saturated heterocycles. The van der Waals surface area contributed by atoms with E-state index in [4.69, 9.17) is 0 Å². The van der Waals surface area contributed by atoms with Crippen LogP contribution in [0.15, 0.2) is 42.6 Å². The van der Waals surface area contributed by atoms with Gasteiger partial charge in [0.15, 0.2) is 0 Å². The van der Waals surface area contributed by atoms with Crippen molar-refractivity contribution in [3.8, 4) is 0 Å². The van der Waals surface area contributed by atoms with Crippen LogP contribution in [0.1, 0.15) is 36.7 Å². The third kappa shape index (κ3) is 3.64. The topological polar surface area (TPSA) is 24.9 Å². The lowest BCUT2D eigenvalue weighted by Gasteiger charge is -2.17. The first-order valence-corrected chi connectivity index (χ1v) is 6.97. The van der Waals surface area contributed by atoms with E-state index in [1.54, 1.807) is 6.07 Å². The lowest BCUT2D eigenvalue weighted by atomic mass is 9.97. The number of nitrogens with zero attached hydrogens (tertiary/aromatic N) is 1. The molecule has 1 aromatic heterocycles. The average Bonchev–Trinajstić information content (AvgIpc) is 2.41. The van der Waals surface area contributed by atoms with Crippen LogP contribution in [-0.4, -0.2) is 12.0 Å². The quantitative estimate of drug-likeness (QED) is 0.897. The van der Waals surface area contributed by atoms with Gasteiger partial charge in [-0.1, -0.05) is 38.1 Å². The molecule has 0 saturated carbocycles. The van der Waals surface area contributed by atoms with Gasteiger partial charge in [-0.3, -0.25) is 4.98 Å². The molecule has 20 heavy (non-hydrogen) atoms. The highest BCUT2D eigenvalue weighted by Crippen LogP contribution is 2.22. The summed E-state index contributed by atoms with van der Waals surface area (Å²) in [5.74, 6) is 0.319. The van der Waals surface area contributed by atoms with Gasteiger partial charge < -0.3 is 5.32 Å². The number of halogens is 1. The summed E-state index contributed by atoms with van der Waals surface area (Å²) in [5, 5.41) is 3.25. The molecule has 2 nitrogen and oxygen atoms in total. The maximum atomic E-state index is 13.0. The van der Waals surface area contributed by atoms with E-state index < -0.39 is 0 Å². The summed E-state index contributed by atoms with van der Waals surface area (Å²) >= 11 is 0. The fourth-order valence-corrected chi connectivity index (χ4v) is 2.41. The third-order valence-electron chi connectivity index (χ3n) is 3.26. The molecule has 1 aromatic carbocycles. The maximum Gasteiger partial charge on any atom is 0.141 e. The Balaban J connectivity index is 2.29. The zero-order valence-electron chi connectivity index (χ0n) is 12.2. The van der Waals surface area contributed by atoms with Gasteiger partial charge in [0.05, 0.1) is 17.9 Å². The molecule has 1 N–H and O–H groups in total. The first-order chi connectivity index (χ1) is 9.60. The number of benzene rings is 1. The van der Waals surface area contributed by atoms with Crippen molar-refractivity contribution >= 4 is 0 Å². The van der Waals surface area contributed by atoms with E-state index >= 15 is 0 Å². The molecule has 0 amide bonds. The van der Waals surface area contributed by atoms with Gasteiger partial charge in [-0.2, -0.15) is 0 Å².